The molecule has 2 aromatic heterocycles. The van der Waals surface area contributed by atoms with Gasteiger partial charge in [0.25, 0.3) is 11.3 Å². The summed E-state index contributed by atoms with van der Waals surface area (Å²) in [7, 11) is 3.85. The highest BCUT2D eigenvalue weighted by molar-refractivity contribution is 7.76. The van der Waals surface area contributed by atoms with E-state index in [9.17, 15) is 13.9 Å². The number of hydrogen-bond acceptors (Lipinski definition) is 5. The molecule has 2 heterocycles. The number of benzene rings is 1. The Bertz CT molecular complexity index is 1130. The van der Waals surface area contributed by atoms with Crippen molar-refractivity contribution >= 4 is 28.1 Å². The Morgan fingerprint density at radius 1 is 1.21 bits per heavy atom. The van der Waals surface area contributed by atoms with E-state index in [0.29, 0.717) is 10.5 Å². The molecular weight excluding hydrogens is 440 g/mol. The quantitative estimate of drug-likeness (QED) is 0.227. The zero-order valence-electron chi connectivity index (χ0n) is 19.3. The maximum atomic E-state index is 11.2. The molecule has 33 heavy (non-hydrogen) atoms. The van der Waals surface area contributed by atoms with Gasteiger partial charge in [0, 0.05) is 49.2 Å². The molecule has 3 aromatic rings. The van der Waals surface area contributed by atoms with Crippen LogP contribution < -0.4 is 10.1 Å². The lowest BCUT2D eigenvalue weighted by atomic mass is 9.90. The second-order valence-corrected chi connectivity index (χ2v) is 10.00. The van der Waals surface area contributed by atoms with Crippen LogP contribution in [0.3, 0.4) is 0 Å². The highest BCUT2D eigenvalue weighted by Gasteiger charge is 2.34. The first-order valence-corrected chi connectivity index (χ1v) is 12.4. The molecule has 1 aliphatic rings. The van der Waals surface area contributed by atoms with Crippen LogP contribution in [0.4, 0.5) is 5.95 Å². The van der Waals surface area contributed by atoms with Crippen molar-refractivity contribution < 1.29 is 18.5 Å². The molecule has 178 valence electrons. The standard InChI is InChI=1S/C23H32N6O3S/c1-16(15-30)19-5-4-6-21-20(19)12-14-28(21)22-11-13-24-23(26-22)25-17-7-9-18(10-8-17)29(2,3)27-33(31)32/h4-6,11-14,16-18,27,30H,7-10,15H2,1-3H3,(H-,24,25,26,31,32)/p+1. The van der Waals surface area contributed by atoms with Crippen LogP contribution in [0.1, 0.15) is 44.1 Å². The molecule has 4 rings (SSSR count). The van der Waals surface area contributed by atoms with Crippen LogP contribution in [0, 0.1) is 0 Å². The van der Waals surface area contributed by atoms with Crippen LogP contribution >= 0.6 is 0 Å². The van der Waals surface area contributed by atoms with Gasteiger partial charge in [-0.15, -0.1) is 0 Å². The van der Waals surface area contributed by atoms with Gasteiger partial charge in [-0.05, 0) is 36.6 Å². The third-order valence-corrected chi connectivity index (χ3v) is 7.34. The van der Waals surface area contributed by atoms with E-state index in [4.69, 9.17) is 4.98 Å². The molecule has 0 amide bonds. The van der Waals surface area contributed by atoms with E-state index in [-0.39, 0.29) is 24.6 Å². The summed E-state index contributed by atoms with van der Waals surface area (Å²) in [5, 5.41) is 14.2. The summed E-state index contributed by atoms with van der Waals surface area (Å²) in [6, 6.07) is 10.6. The van der Waals surface area contributed by atoms with E-state index in [1.165, 1.54) is 0 Å². The first-order chi connectivity index (χ1) is 15.8. The number of fused-ring (bicyclic) bond motifs is 1. The number of anilines is 1. The molecule has 0 aliphatic heterocycles. The minimum atomic E-state index is -2.04. The Morgan fingerprint density at radius 3 is 2.67 bits per heavy atom. The molecule has 0 radical (unpaired) electrons. The number of aliphatic hydroxyl groups is 1. The van der Waals surface area contributed by atoms with Gasteiger partial charge in [0.05, 0.1) is 19.6 Å². The second-order valence-electron chi connectivity index (χ2n) is 9.32. The zero-order valence-corrected chi connectivity index (χ0v) is 20.1. The number of aliphatic hydroxyl groups excluding tert-OH is 1. The lowest BCUT2D eigenvalue weighted by molar-refractivity contribution is -0.945. The average Bonchev–Trinajstić information content (AvgIpc) is 3.22. The lowest BCUT2D eigenvalue weighted by Gasteiger charge is -2.39. The fraction of sp³-hybridized carbons (Fsp3) is 0.478. The van der Waals surface area contributed by atoms with Crippen molar-refractivity contribution in [3.63, 3.8) is 0 Å². The summed E-state index contributed by atoms with van der Waals surface area (Å²) in [5.41, 5.74) is 2.17. The van der Waals surface area contributed by atoms with Crippen molar-refractivity contribution in [2.24, 2.45) is 0 Å². The lowest BCUT2D eigenvalue weighted by Crippen LogP contribution is -2.59. The maximum absolute atomic E-state index is 11.2. The summed E-state index contributed by atoms with van der Waals surface area (Å²) < 4.78 is 22.7. The minimum Gasteiger partial charge on any atom is -0.396 e. The minimum absolute atomic E-state index is 0.0680. The van der Waals surface area contributed by atoms with E-state index < -0.39 is 11.3 Å². The van der Waals surface area contributed by atoms with Crippen LogP contribution in [0.25, 0.3) is 16.7 Å². The molecule has 10 heteroatoms. The van der Waals surface area contributed by atoms with Crippen LogP contribution in [0.2, 0.25) is 0 Å². The smallest absolute Gasteiger partial charge is 0.279 e. The van der Waals surface area contributed by atoms with Crippen molar-refractivity contribution in [1.82, 2.24) is 19.4 Å². The van der Waals surface area contributed by atoms with Gasteiger partial charge in [-0.25, -0.2) is 13.8 Å². The Labute approximate surface area is 196 Å². The van der Waals surface area contributed by atoms with Crippen molar-refractivity contribution in [3.8, 4) is 5.82 Å². The molecule has 0 bridgehead atoms. The van der Waals surface area contributed by atoms with Crippen molar-refractivity contribution in [3.05, 3.63) is 48.3 Å². The molecule has 9 nitrogen and oxygen atoms in total. The monoisotopic (exact) mass is 473 g/mol. The van der Waals surface area contributed by atoms with Gasteiger partial charge in [0.2, 0.25) is 5.95 Å². The van der Waals surface area contributed by atoms with Crippen LogP contribution in [-0.2, 0) is 11.3 Å². The molecule has 0 spiro atoms. The zero-order chi connectivity index (χ0) is 23.6. The first kappa shape index (κ1) is 23.8. The van der Waals surface area contributed by atoms with Crippen LogP contribution in [0.15, 0.2) is 42.7 Å². The van der Waals surface area contributed by atoms with Crippen molar-refractivity contribution in [1.29, 1.82) is 0 Å². The van der Waals surface area contributed by atoms with Crippen LogP contribution in [0.5, 0.6) is 0 Å². The number of nitrogens with one attached hydrogen (secondary N) is 2. The molecule has 4 N–H and O–H groups in total. The highest BCUT2D eigenvalue weighted by Crippen LogP contribution is 2.29. The number of rotatable bonds is 8. The highest BCUT2D eigenvalue weighted by atomic mass is 32.2. The van der Waals surface area contributed by atoms with Crippen molar-refractivity contribution in [2.75, 3.05) is 26.0 Å². The van der Waals surface area contributed by atoms with Gasteiger partial charge in [0.1, 0.15) is 11.9 Å². The van der Waals surface area contributed by atoms with Crippen molar-refractivity contribution in [2.45, 2.75) is 50.6 Å². The normalized spacial score (nSPS) is 21.1. The number of nitrogens with zero attached hydrogens (tertiary/aromatic N) is 4. The summed E-state index contributed by atoms with van der Waals surface area (Å²) in [6.07, 6.45) is 7.52. The number of quaternary nitrogens is 1. The van der Waals surface area contributed by atoms with Gasteiger partial charge in [-0.1, -0.05) is 23.9 Å². The van der Waals surface area contributed by atoms with Crippen LogP contribution in [-0.4, -0.2) is 65.8 Å². The van der Waals surface area contributed by atoms with Gasteiger partial charge in [0.15, 0.2) is 0 Å². The fourth-order valence-corrected chi connectivity index (χ4v) is 5.35. The SMILES string of the molecule is CC(CO)c1cccc2c1ccn2-c1ccnc(NC2CCC([N+](C)(C)NS(=O)O)CC2)n1. The predicted molar refractivity (Wildman–Crippen MR) is 130 cm³/mol. The molecule has 2 unspecified atom stereocenters. The Morgan fingerprint density at radius 2 is 1.97 bits per heavy atom. The third-order valence-electron chi connectivity index (χ3n) is 6.72. The molecular formula is C23H33N6O3S+. The van der Waals surface area contributed by atoms with E-state index in [0.717, 1.165) is 48.0 Å². The van der Waals surface area contributed by atoms with E-state index in [1.54, 1.807) is 6.20 Å². The Hall–Kier alpha value is -2.37. The van der Waals surface area contributed by atoms with E-state index >= 15 is 0 Å². The van der Waals surface area contributed by atoms with Gasteiger partial charge in [-0.3, -0.25) is 4.55 Å². The largest absolute Gasteiger partial charge is 0.396 e. The molecule has 2 atom stereocenters. The number of aromatic nitrogens is 3. The van der Waals surface area contributed by atoms with E-state index in [1.807, 2.05) is 43.9 Å². The van der Waals surface area contributed by atoms with Gasteiger partial charge >= 0.3 is 0 Å². The molecule has 1 aromatic carbocycles. The summed E-state index contributed by atoms with van der Waals surface area (Å²) in [5.74, 6) is 1.46. The Kier molecular flexibility index (Phi) is 7.10. The third kappa shape index (κ3) is 5.25. The first-order valence-electron chi connectivity index (χ1n) is 11.3. The van der Waals surface area contributed by atoms with Gasteiger partial charge in [-0.2, -0.15) is 4.98 Å². The second kappa shape index (κ2) is 9.86. The molecule has 1 aliphatic carbocycles. The summed E-state index contributed by atoms with van der Waals surface area (Å²) >= 11 is -2.04. The summed E-state index contributed by atoms with van der Waals surface area (Å²) in [4.78, 5) is 11.9. The summed E-state index contributed by atoms with van der Waals surface area (Å²) in [6.45, 7) is 2.13. The maximum Gasteiger partial charge on any atom is 0.279 e. The number of hydrogen-bond donors (Lipinski definition) is 4. The predicted octanol–water partition coefficient (Wildman–Crippen LogP) is 2.96. The van der Waals surface area contributed by atoms with E-state index in [2.05, 4.69) is 33.3 Å². The average molecular weight is 474 g/mol. The fourth-order valence-electron chi connectivity index (χ4n) is 4.80. The molecule has 1 fully saturated rings. The molecule has 0 saturated heterocycles. The topological polar surface area (TPSA) is 112 Å². The molecule has 1 saturated carbocycles. The Balaban J connectivity index is 1.47. The van der Waals surface area contributed by atoms with Gasteiger partial charge < -0.3 is 15.0 Å².